The van der Waals surface area contributed by atoms with Gasteiger partial charge in [0.05, 0.1) is 0 Å². The molecule has 1 amide bonds. The van der Waals surface area contributed by atoms with Crippen LogP contribution in [-0.2, 0) is 9.59 Å². The molecule has 2 aliphatic rings. The molecule has 2 aliphatic heterocycles. The van der Waals surface area contributed by atoms with Crippen LogP contribution in [0.25, 0.3) is 0 Å². The van der Waals surface area contributed by atoms with Gasteiger partial charge in [0.1, 0.15) is 17.5 Å². The number of fused-ring (bicyclic) bond motifs is 1. The summed E-state index contributed by atoms with van der Waals surface area (Å²) in [6.45, 7) is -1.13. The van der Waals surface area contributed by atoms with E-state index in [1.54, 1.807) is 0 Å². The van der Waals surface area contributed by atoms with Crippen molar-refractivity contribution in [3.8, 4) is 0 Å². The highest BCUT2D eigenvalue weighted by atomic mass is 32.2. The number of rotatable bonds is 1. The van der Waals surface area contributed by atoms with Crippen molar-refractivity contribution in [1.82, 2.24) is 4.90 Å². The van der Waals surface area contributed by atoms with Crippen molar-refractivity contribution < 1.29 is 18.8 Å². The molecule has 0 unspecified atom stereocenters. The Balaban J connectivity index is 2.43. The van der Waals surface area contributed by atoms with Gasteiger partial charge >= 0.3 is 5.97 Å². The van der Waals surface area contributed by atoms with Crippen LogP contribution in [0.15, 0.2) is 0 Å². The molecule has 0 bridgehead atoms. The van der Waals surface area contributed by atoms with Gasteiger partial charge in [0.15, 0.2) is 0 Å². The minimum atomic E-state index is -2.47. The molecule has 2 rings (SSSR count). The Morgan fingerprint density at radius 3 is 3.00 bits per heavy atom. The number of carboxylic acid groups (broad SMARTS) is 1. The topological polar surface area (TPSA) is 83.6 Å². The highest BCUT2D eigenvalue weighted by Crippen LogP contribution is 2.50. The van der Waals surface area contributed by atoms with Crippen molar-refractivity contribution in [2.45, 2.75) is 36.0 Å². The van der Waals surface area contributed by atoms with Gasteiger partial charge in [0.2, 0.25) is 5.91 Å². The molecule has 5 nitrogen and oxygen atoms in total. The van der Waals surface area contributed by atoms with Crippen molar-refractivity contribution >= 4 is 23.6 Å². The smallest absolute Gasteiger partial charge is 0.327 e. The second kappa shape index (κ2) is 2.64. The number of hydrogen-bond donors (Lipinski definition) is 2. The van der Waals surface area contributed by atoms with Crippen molar-refractivity contribution in [3.05, 3.63) is 0 Å². The first kappa shape index (κ1) is 6.68. The van der Waals surface area contributed by atoms with Gasteiger partial charge in [-0.3, -0.25) is 4.79 Å². The Morgan fingerprint density at radius 2 is 2.50 bits per heavy atom. The van der Waals surface area contributed by atoms with E-state index in [0.29, 0.717) is 0 Å². The van der Waals surface area contributed by atoms with Gasteiger partial charge in [-0.15, -0.1) is 11.8 Å². The molecule has 2 saturated heterocycles. The number of hydrogen-bond acceptors (Lipinski definition) is 4. The molecule has 6 heteroatoms. The number of nitrogens with two attached hydrogens (primary N) is 1. The van der Waals surface area contributed by atoms with Crippen LogP contribution in [-0.4, -0.2) is 44.1 Å². The summed E-state index contributed by atoms with van der Waals surface area (Å²) in [7, 11) is 0. The van der Waals surface area contributed by atoms with E-state index in [9.17, 15) is 9.59 Å². The molecule has 3 N–H and O–H groups in total. The van der Waals surface area contributed by atoms with Gasteiger partial charge in [0, 0.05) is 8.86 Å². The minimum Gasteiger partial charge on any atom is -0.480 e. The van der Waals surface area contributed by atoms with Gasteiger partial charge in [0.25, 0.3) is 0 Å². The number of carboxylic acids is 1. The molecular formula is C8H12N2O3S. The summed E-state index contributed by atoms with van der Waals surface area (Å²) in [4.78, 5) is 23.8. The normalized spacial score (nSPS) is 50.1. The molecule has 0 radical (unpaired) electrons. The van der Waals surface area contributed by atoms with Crippen LogP contribution in [0, 0.1) is 0 Å². The summed E-state index contributed by atoms with van der Waals surface area (Å²) in [5.41, 5.74) is 5.55. The molecule has 2 heterocycles. The van der Waals surface area contributed by atoms with E-state index in [-0.39, 0.29) is 0 Å². The molecule has 2 fully saturated rings. The Labute approximate surface area is 89.8 Å². The molecule has 0 aromatic heterocycles. The first-order valence-electron chi connectivity index (χ1n) is 5.59. The molecule has 14 heavy (non-hydrogen) atoms. The molecule has 78 valence electrons. The van der Waals surface area contributed by atoms with Crippen LogP contribution in [0.5, 0.6) is 0 Å². The van der Waals surface area contributed by atoms with Crippen molar-refractivity contribution in [2.75, 3.05) is 0 Å². The Bertz CT molecular complexity index is 402. The average molecular weight is 219 g/mol. The number of aliphatic carboxylic acids is 1. The van der Waals surface area contributed by atoms with Crippen molar-refractivity contribution in [3.63, 3.8) is 0 Å². The van der Waals surface area contributed by atoms with Crippen LogP contribution in [0.4, 0.5) is 0 Å². The van der Waals surface area contributed by atoms with E-state index in [1.165, 1.54) is 6.92 Å². The molecule has 4 atom stereocenters. The fraction of sp³-hybridized carbons (Fsp3) is 0.750. The third kappa shape index (κ3) is 1.01. The third-order valence-electron chi connectivity index (χ3n) is 2.52. The summed E-state index contributed by atoms with van der Waals surface area (Å²) >= 11 is 0.955. The first-order chi connectivity index (χ1) is 7.61. The highest BCUT2D eigenvalue weighted by Gasteiger charge is 2.62. The maximum Gasteiger partial charge on any atom is 0.327 e. The second-order valence-corrected chi connectivity index (χ2v) is 5.19. The molecule has 0 aromatic carbocycles. The predicted octanol–water partition coefficient (Wildman–Crippen LogP) is -0.539. The zero-order valence-corrected chi connectivity index (χ0v) is 8.25. The number of nitrogens with zero attached hydrogens (tertiary/aromatic N) is 1. The van der Waals surface area contributed by atoms with E-state index >= 15 is 0 Å². The van der Waals surface area contributed by atoms with Crippen LogP contribution < -0.4 is 5.73 Å². The van der Waals surface area contributed by atoms with Gasteiger partial charge in [-0.05, 0) is 13.8 Å². The van der Waals surface area contributed by atoms with Gasteiger partial charge in [-0.1, -0.05) is 0 Å². The lowest BCUT2D eigenvalue weighted by molar-refractivity contribution is -0.159. The summed E-state index contributed by atoms with van der Waals surface area (Å²) < 4.78 is 20.9. The second-order valence-electron chi connectivity index (χ2n) is 3.63. The fourth-order valence-electron chi connectivity index (χ4n) is 1.85. The Morgan fingerprint density at radius 1 is 1.86 bits per heavy atom. The Kier molecular flexibility index (Phi) is 1.26. The van der Waals surface area contributed by atoms with Gasteiger partial charge in [-0.25, -0.2) is 4.79 Å². The highest BCUT2D eigenvalue weighted by molar-refractivity contribution is 8.01. The molecule has 0 aliphatic carbocycles. The van der Waals surface area contributed by atoms with Crippen LogP contribution in [0.2, 0.25) is 0 Å². The first-order valence-corrected chi connectivity index (χ1v) is 4.97. The lowest BCUT2D eigenvalue weighted by atomic mass is 9.96. The number of carbonyl (C=O) groups excluding carboxylic acids is 1. The van der Waals surface area contributed by atoms with E-state index in [2.05, 4.69) is 0 Å². The van der Waals surface area contributed by atoms with Crippen LogP contribution >= 0.6 is 11.8 Å². The predicted molar refractivity (Wildman–Crippen MR) is 51.7 cm³/mol. The lowest BCUT2D eigenvalue weighted by Gasteiger charge is -2.41. The lowest BCUT2D eigenvalue weighted by Crippen LogP contribution is -2.68. The Hall–Kier alpha value is -0.750. The van der Waals surface area contributed by atoms with E-state index < -0.39 is 40.9 Å². The standard InChI is InChI=1S/C8H12N2O3S/c1-8(2)4(7(12)13)10-5(11)3(9)6(10)14-8/h3-4,6H,9H2,1-2H3,(H,12,13)/t3-,4+,6-/m1/s1/i1D3/t3-,4+,6-,8-. The summed E-state index contributed by atoms with van der Waals surface area (Å²) in [5, 5.41) is 8.59. The molecule has 0 saturated carbocycles. The van der Waals surface area contributed by atoms with Crippen molar-refractivity contribution in [2.24, 2.45) is 5.73 Å². The number of carbonyl (C=O) groups is 2. The third-order valence-corrected chi connectivity index (χ3v) is 4.00. The largest absolute Gasteiger partial charge is 0.480 e. The zero-order chi connectivity index (χ0) is 13.2. The quantitative estimate of drug-likeness (QED) is 0.579. The minimum absolute atomic E-state index is 0.497. The molecule has 0 aromatic rings. The average Bonchev–Trinajstić information content (AvgIpc) is 2.49. The maximum atomic E-state index is 11.5. The number of β-lactam (4-membered cyclic amide) rings is 1. The van der Waals surface area contributed by atoms with Crippen molar-refractivity contribution in [1.29, 1.82) is 0 Å². The number of amides is 1. The van der Waals surface area contributed by atoms with Gasteiger partial charge < -0.3 is 15.7 Å². The zero-order valence-electron chi connectivity index (χ0n) is 10.4. The van der Waals surface area contributed by atoms with Crippen LogP contribution in [0.3, 0.4) is 0 Å². The SMILES string of the molecule is [2H]C([2H])([2H])[C@]1(C)S[C@@H]2[C@H](N)C(=O)N2[C@H]1C(=O)O. The number of thioether (sulfide) groups is 1. The van der Waals surface area contributed by atoms with Gasteiger partial charge in [-0.2, -0.15) is 0 Å². The molecule has 0 spiro atoms. The fourth-order valence-corrected chi connectivity index (χ4v) is 3.30. The monoisotopic (exact) mass is 219 g/mol. The summed E-state index contributed by atoms with van der Waals surface area (Å²) in [6.07, 6.45) is 0. The summed E-state index contributed by atoms with van der Waals surface area (Å²) in [6, 6.07) is -2.15. The summed E-state index contributed by atoms with van der Waals surface area (Å²) in [5.74, 6) is -1.80. The van der Waals surface area contributed by atoms with E-state index in [0.717, 1.165) is 16.7 Å². The van der Waals surface area contributed by atoms with E-state index in [1.807, 2.05) is 0 Å². The van der Waals surface area contributed by atoms with E-state index in [4.69, 9.17) is 15.0 Å². The maximum absolute atomic E-state index is 11.5. The van der Waals surface area contributed by atoms with Crippen LogP contribution in [0.1, 0.15) is 17.9 Å². The molecular weight excluding hydrogens is 204 g/mol.